The van der Waals surface area contributed by atoms with Crippen LogP contribution in [0.3, 0.4) is 0 Å². The van der Waals surface area contributed by atoms with Crippen LogP contribution >= 0.6 is 22.7 Å². The van der Waals surface area contributed by atoms with E-state index in [-0.39, 0.29) is 0 Å². The number of nitrogens with one attached hydrogen (secondary N) is 1. The summed E-state index contributed by atoms with van der Waals surface area (Å²) in [6.07, 6.45) is 0. The molecule has 3 N–H and O–H groups in total. The van der Waals surface area contributed by atoms with E-state index in [1.165, 1.54) is 11.3 Å². The van der Waals surface area contributed by atoms with E-state index in [2.05, 4.69) is 4.72 Å². The van der Waals surface area contributed by atoms with E-state index < -0.39 is 10.0 Å². The molecule has 2 heterocycles. The molecule has 7 heteroatoms. The van der Waals surface area contributed by atoms with Gasteiger partial charge in [-0.1, -0.05) is 0 Å². The molecule has 0 bridgehead atoms. The summed E-state index contributed by atoms with van der Waals surface area (Å²) in [5.41, 5.74) is 7.60. The molecule has 0 amide bonds. The van der Waals surface area contributed by atoms with Gasteiger partial charge in [0.15, 0.2) is 0 Å². The largest absolute Gasteiger partial charge is 0.326 e. The van der Waals surface area contributed by atoms with Crippen molar-refractivity contribution >= 4 is 32.7 Å². The fraction of sp³-hybridized carbons (Fsp3) is 0.273. The predicted octanol–water partition coefficient (Wildman–Crippen LogP) is 2.06. The zero-order valence-electron chi connectivity index (χ0n) is 9.84. The van der Waals surface area contributed by atoms with Crippen LogP contribution < -0.4 is 10.5 Å². The molecule has 0 saturated carbocycles. The van der Waals surface area contributed by atoms with Gasteiger partial charge in [-0.05, 0) is 40.9 Å². The van der Waals surface area contributed by atoms with Crippen molar-refractivity contribution in [3.63, 3.8) is 0 Å². The number of sulfonamides is 1. The smallest absolute Gasteiger partial charge is 0.250 e. The zero-order chi connectivity index (χ0) is 13.2. The highest BCUT2D eigenvalue weighted by molar-refractivity contribution is 7.91. The third kappa shape index (κ3) is 2.99. The highest BCUT2D eigenvalue weighted by atomic mass is 32.2. The standard InChI is InChI=1S/C11H14N2O2S3/c1-8-6-16-7-9(8)5-13-18(14,15)11-3-2-10(4-12)17-11/h2-3,6-7,13H,4-5,12H2,1H3. The van der Waals surface area contributed by atoms with Gasteiger partial charge in [-0.2, -0.15) is 11.3 Å². The fourth-order valence-electron chi connectivity index (χ4n) is 1.42. The fourth-order valence-corrected chi connectivity index (χ4v) is 4.57. The van der Waals surface area contributed by atoms with E-state index in [9.17, 15) is 8.42 Å². The first-order valence-corrected chi connectivity index (χ1v) is 8.57. The first kappa shape index (κ1) is 13.7. The van der Waals surface area contributed by atoms with Gasteiger partial charge in [0, 0.05) is 18.0 Å². The molecule has 0 saturated heterocycles. The molecule has 0 atom stereocenters. The van der Waals surface area contributed by atoms with Gasteiger partial charge in [-0.3, -0.25) is 0 Å². The molecule has 2 rings (SSSR count). The molecule has 0 aliphatic rings. The summed E-state index contributed by atoms with van der Waals surface area (Å²) < 4.78 is 27.0. The van der Waals surface area contributed by atoms with Gasteiger partial charge in [0.1, 0.15) is 4.21 Å². The lowest BCUT2D eigenvalue weighted by atomic mass is 10.2. The highest BCUT2D eigenvalue weighted by Gasteiger charge is 2.16. The van der Waals surface area contributed by atoms with Crippen LogP contribution in [0, 0.1) is 6.92 Å². The molecular formula is C11H14N2O2S3. The quantitative estimate of drug-likeness (QED) is 0.888. The van der Waals surface area contributed by atoms with Crippen molar-refractivity contribution in [2.24, 2.45) is 5.73 Å². The van der Waals surface area contributed by atoms with Gasteiger partial charge in [-0.15, -0.1) is 11.3 Å². The summed E-state index contributed by atoms with van der Waals surface area (Å²) in [7, 11) is -3.42. The van der Waals surface area contributed by atoms with Crippen LogP contribution in [0.1, 0.15) is 16.0 Å². The molecule has 0 unspecified atom stereocenters. The van der Waals surface area contributed by atoms with Crippen molar-refractivity contribution in [1.82, 2.24) is 4.72 Å². The van der Waals surface area contributed by atoms with Crippen molar-refractivity contribution in [3.8, 4) is 0 Å². The van der Waals surface area contributed by atoms with E-state index in [1.54, 1.807) is 23.5 Å². The molecule has 2 aromatic rings. The number of rotatable bonds is 5. The van der Waals surface area contributed by atoms with Crippen molar-refractivity contribution in [2.45, 2.75) is 24.2 Å². The molecule has 0 aliphatic heterocycles. The monoisotopic (exact) mass is 302 g/mol. The average Bonchev–Trinajstić information content (AvgIpc) is 2.95. The number of nitrogens with two attached hydrogens (primary N) is 1. The Morgan fingerprint density at radius 1 is 1.33 bits per heavy atom. The Labute approximate surface area is 115 Å². The maximum atomic E-state index is 12.0. The van der Waals surface area contributed by atoms with Gasteiger partial charge in [-0.25, -0.2) is 13.1 Å². The Bertz CT molecular complexity index is 628. The van der Waals surface area contributed by atoms with Crippen LogP contribution in [0.2, 0.25) is 0 Å². The van der Waals surface area contributed by atoms with Gasteiger partial charge in [0.2, 0.25) is 10.0 Å². The van der Waals surface area contributed by atoms with E-state index in [1.807, 2.05) is 17.7 Å². The summed E-state index contributed by atoms with van der Waals surface area (Å²) in [5.74, 6) is 0. The minimum atomic E-state index is -3.42. The molecule has 0 aliphatic carbocycles. The van der Waals surface area contributed by atoms with Crippen LogP contribution in [0.25, 0.3) is 0 Å². The highest BCUT2D eigenvalue weighted by Crippen LogP contribution is 2.21. The maximum Gasteiger partial charge on any atom is 0.250 e. The minimum absolute atomic E-state index is 0.316. The van der Waals surface area contributed by atoms with Crippen LogP contribution in [0.15, 0.2) is 27.1 Å². The molecular weight excluding hydrogens is 288 g/mol. The Kier molecular flexibility index (Phi) is 4.18. The minimum Gasteiger partial charge on any atom is -0.326 e. The van der Waals surface area contributed by atoms with Crippen molar-refractivity contribution < 1.29 is 8.42 Å². The topological polar surface area (TPSA) is 72.2 Å². The molecule has 2 aromatic heterocycles. The second kappa shape index (κ2) is 5.50. The third-order valence-corrected chi connectivity index (χ3v) is 6.43. The molecule has 4 nitrogen and oxygen atoms in total. The number of hydrogen-bond acceptors (Lipinski definition) is 5. The Balaban J connectivity index is 2.10. The van der Waals surface area contributed by atoms with Gasteiger partial charge >= 0.3 is 0 Å². The average molecular weight is 302 g/mol. The van der Waals surface area contributed by atoms with Crippen LogP contribution in [0.5, 0.6) is 0 Å². The second-order valence-electron chi connectivity index (χ2n) is 3.83. The van der Waals surface area contributed by atoms with E-state index in [0.717, 1.165) is 16.0 Å². The van der Waals surface area contributed by atoms with Crippen LogP contribution in [-0.2, 0) is 23.1 Å². The van der Waals surface area contributed by atoms with E-state index in [0.29, 0.717) is 17.3 Å². The Hall–Kier alpha value is -0.730. The maximum absolute atomic E-state index is 12.0. The molecule has 0 fully saturated rings. The Morgan fingerprint density at radius 3 is 2.67 bits per heavy atom. The summed E-state index contributed by atoms with van der Waals surface area (Å²) in [5, 5.41) is 3.96. The van der Waals surface area contributed by atoms with Crippen molar-refractivity contribution in [1.29, 1.82) is 0 Å². The van der Waals surface area contributed by atoms with Crippen LogP contribution in [-0.4, -0.2) is 8.42 Å². The Morgan fingerprint density at radius 2 is 2.11 bits per heavy atom. The normalized spacial score (nSPS) is 11.9. The number of hydrogen-bond donors (Lipinski definition) is 2. The molecule has 0 radical (unpaired) electrons. The summed E-state index contributed by atoms with van der Waals surface area (Å²) >= 11 is 2.78. The lowest BCUT2D eigenvalue weighted by molar-refractivity contribution is 0.583. The molecule has 18 heavy (non-hydrogen) atoms. The van der Waals surface area contributed by atoms with E-state index in [4.69, 9.17) is 5.73 Å². The first-order valence-electron chi connectivity index (χ1n) is 5.33. The zero-order valence-corrected chi connectivity index (χ0v) is 12.3. The van der Waals surface area contributed by atoms with Gasteiger partial charge in [0.05, 0.1) is 0 Å². The van der Waals surface area contributed by atoms with Crippen LogP contribution in [0.4, 0.5) is 0 Å². The molecule has 98 valence electrons. The number of aryl methyl sites for hydroxylation is 1. The summed E-state index contributed by atoms with van der Waals surface area (Å²) in [4.78, 5) is 0.863. The van der Waals surface area contributed by atoms with E-state index >= 15 is 0 Å². The lowest BCUT2D eigenvalue weighted by Gasteiger charge is -2.04. The third-order valence-electron chi connectivity index (χ3n) is 2.52. The number of thiophene rings is 2. The van der Waals surface area contributed by atoms with Gasteiger partial charge in [0.25, 0.3) is 0 Å². The summed E-state index contributed by atoms with van der Waals surface area (Å²) in [6.45, 7) is 2.66. The van der Waals surface area contributed by atoms with Crippen molar-refractivity contribution in [3.05, 3.63) is 38.9 Å². The molecule has 0 spiro atoms. The van der Waals surface area contributed by atoms with Crippen molar-refractivity contribution in [2.75, 3.05) is 0 Å². The second-order valence-corrected chi connectivity index (χ2v) is 7.74. The first-order chi connectivity index (χ1) is 8.53. The lowest BCUT2D eigenvalue weighted by Crippen LogP contribution is -2.22. The van der Waals surface area contributed by atoms with Gasteiger partial charge < -0.3 is 5.73 Å². The predicted molar refractivity (Wildman–Crippen MR) is 75.3 cm³/mol. The summed E-state index contributed by atoms with van der Waals surface area (Å²) in [6, 6.07) is 3.34. The molecule has 0 aromatic carbocycles. The SMILES string of the molecule is Cc1cscc1CNS(=O)(=O)c1ccc(CN)s1.